The van der Waals surface area contributed by atoms with Crippen LogP contribution in [0.2, 0.25) is 0 Å². The summed E-state index contributed by atoms with van der Waals surface area (Å²) in [6.07, 6.45) is 4.07. The van der Waals surface area contributed by atoms with Crippen molar-refractivity contribution in [1.29, 1.82) is 0 Å². The molecule has 2 rings (SSSR count). The van der Waals surface area contributed by atoms with Gasteiger partial charge in [0, 0.05) is 12.8 Å². The van der Waals surface area contributed by atoms with Gasteiger partial charge in [-0.15, -0.1) is 0 Å². The maximum Gasteiger partial charge on any atom is 0.140 e. The van der Waals surface area contributed by atoms with Crippen LogP contribution in [0.15, 0.2) is 22.8 Å². The van der Waals surface area contributed by atoms with Crippen LogP contribution in [0, 0.1) is 0 Å². The molecule has 0 saturated carbocycles. The summed E-state index contributed by atoms with van der Waals surface area (Å²) < 4.78 is 6.39. The quantitative estimate of drug-likeness (QED) is 0.883. The van der Waals surface area contributed by atoms with Crippen LogP contribution in [0.1, 0.15) is 12.8 Å². The van der Waals surface area contributed by atoms with Gasteiger partial charge < -0.3 is 10.1 Å². The number of nitrogens with zero attached hydrogens (tertiary/aromatic N) is 1. The molecule has 1 aromatic rings. The van der Waals surface area contributed by atoms with Gasteiger partial charge in [-0.05, 0) is 40.9 Å². The molecule has 0 aromatic carbocycles. The SMILES string of the molecule is Brc1cccnc1N[C@H]1CCCOC1. The van der Waals surface area contributed by atoms with Crippen molar-refractivity contribution in [3.63, 3.8) is 0 Å². The van der Waals surface area contributed by atoms with Crippen LogP contribution in [-0.2, 0) is 4.74 Å². The van der Waals surface area contributed by atoms with E-state index in [9.17, 15) is 0 Å². The van der Waals surface area contributed by atoms with Gasteiger partial charge in [0.2, 0.25) is 0 Å². The molecule has 1 aromatic heterocycles. The number of hydrogen-bond donors (Lipinski definition) is 1. The first-order valence-corrected chi connectivity index (χ1v) is 5.60. The Bertz CT molecular complexity index is 300. The average molecular weight is 257 g/mol. The van der Waals surface area contributed by atoms with Gasteiger partial charge in [0.05, 0.1) is 17.1 Å². The van der Waals surface area contributed by atoms with Crippen LogP contribution in [0.4, 0.5) is 5.82 Å². The maximum atomic E-state index is 5.39. The minimum Gasteiger partial charge on any atom is -0.379 e. The summed E-state index contributed by atoms with van der Waals surface area (Å²) in [5, 5.41) is 3.37. The highest BCUT2D eigenvalue weighted by Crippen LogP contribution is 2.20. The summed E-state index contributed by atoms with van der Waals surface area (Å²) in [6, 6.07) is 4.29. The molecular formula is C10H13BrN2O. The minimum absolute atomic E-state index is 0.398. The minimum atomic E-state index is 0.398. The van der Waals surface area contributed by atoms with E-state index in [0.717, 1.165) is 36.3 Å². The molecular weight excluding hydrogens is 244 g/mol. The molecule has 2 heterocycles. The number of halogens is 1. The van der Waals surface area contributed by atoms with E-state index < -0.39 is 0 Å². The number of pyridine rings is 1. The second-order valence-electron chi connectivity index (χ2n) is 3.39. The van der Waals surface area contributed by atoms with Crippen LogP contribution in [-0.4, -0.2) is 24.2 Å². The predicted octanol–water partition coefficient (Wildman–Crippen LogP) is 2.44. The van der Waals surface area contributed by atoms with Crippen LogP contribution in [0.5, 0.6) is 0 Å². The molecule has 76 valence electrons. The number of nitrogens with one attached hydrogen (secondary N) is 1. The number of hydrogen-bond acceptors (Lipinski definition) is 3. The smallest absolute Gasteiger partial charge is 0.140 e. The molecule has 14 heavy (non-hydrogen) atoms. The molecule has 1 saturated heterocycles. The molecule has 3 nitrogen and oxygen atoms in total. The van der Waals surface area contributed by atoms with Crippen molar-refractivity contribution < 1.29 is 4.74 Å². The Morgan fingerprint density at radius 3 is 3.21 bits per heavy atom. The van der Waals surface area contributed by atoms with Gasteiger partial charge >= 0.3 is 0 Å². The summed E-state index contributed by atoms with van der Waals surface area (Å²) >= 11 is 3.46. The van der Waals surface area contributed by atoms with Crippen molar-refractivity contribution in [3.8, 4) is 0 Å². The summed E-state index contributed by atoms with van der Waals surface area (Å²) in [5.74, 6) is 0.906. The van der Waals surface area contributed by atoms with Gasteiger partial charge in [-0.25, -0.2) is 4.98 Å². The Balaban J connectivity index is 1.99. The van der Waals surface area contributed by atoms with Gasteiger partial charge in [-0.1, -0.05) is 0 Å². The maximum absolute atomic E-state index is 5.39. The Morgan fingerprint density at radius 2 is 2.50 bits per heavy atom. The highest BCUT2D eigenvalue weighted by atomic mass is 79.9. The third-order valence-electron chi connectivity index (χ3n) is 2.26. The molecule has 4 heteroatoms. The van der Waals surface area contributed by atoms with Gasteiger partial charge in [0.15, 0.2) is 0 Å². The zero-order valence-electron chi connectivity index (χ0n) is 7.87. The molecule has 1 atom stereocenters. The third-order valence-corrected chi connectivity index (χ3v) is 2.90. The summed E-state index contributed by atoms with van der Waals surface area (Å²) in [5.41, 5.74) is 0. The van der Waals surface area contributed by atoms with E-state index in [1.165, 1.54) is 0 Å². The Labute approximate surface area is 92.0 Å². The van der Waals surface area contributed by atoms with E-state index in [0.29, 0.717) is 6.04 Å². The lowest BCUT2D eigenvalue weighted by atomic mass is 10.1. The number of anilines is 1. The van der Waals surface area contributed by atoms with Crippen molar-refractivity contribution in [1.82, 2.24) is 4.98 Å². The van der Waals surface area contributed by atoms with Crippen LogP contribution in [0.25, 0.3) is 0 Å². The van der Waals surface area contributed by atoms with E-state index >= 15 is 0 Å². The van der Waals surface area contributed by atoms with Gasteiger partial charge in [0.25, 0.3) is 0 Å². The van der Waals surface area contributed by atoms with Crippen LogP contribution < -0.4 is 5.32 Å². The van der Waals surface area contributed by atoms with Crippen LogP contribution >= 0.6 is 15.9 Å². The fourth-order valence-electron chi connectivity index (χ4n) is 1.54. The normalized spacial score (nSPS) is 21.9. The average Bonchev–Trinajstić information content (AvgIpc) is 2.23. The Hall–Kier alpha value is -0.610. The topological polar surface area (TPSA) is 34.2 Å². The molecule has 0 radical (unpaired) electrons. The first-order valence-electron chi connectivity index (χ1n) is 4.81. The Kier molecular flexibility index (Phi) is 3.37. The van der Waals surface area contributed by atoms with Crippen molar-refractivity contribution in [2.24, 2.45) is 0 Å². The lowest BCUT2D eigenvalue weighted by molar-refractivity contribution is 0.0875. The molecule has 1 fully saturated rings. The molecule has 1 N–H and O–H groups in total. The van der Waals surface area contributed by atoms with Crippen molar-refractivity contribution in [3.05, 3.63) is 22.8 Å². The Morgan fingerprint density at radius 1 is 1.57 bits per heavy atom. The predicted molar refractivity (Wildman–Crippen MR) is 59.4 cm³/mol. The molecule has 1 aliphatic rings. The largest absolute Gasteiger partial charge is 0.379 e. The van der Waals surface area contributed by atoms with E-state index in [4.69, 9.17) is 4.74 Å². The first-order chi connectivity index (χ1) is 6.86. The third kappa shape index (κ3) is 2.45. The fraction of sp³-hybridized carbons (Fsp3) is 0.500. The monoisotopic (exact) mass is 256 g/mol. The van der Waals surface area contributed by atoms with E-state index in [1.54, 1.807) is 6.20 Å². The first kappa shape index (κ1) is 9.93. The molecule has 0 amide bonds. The van der Waals surface area contributed by atoms with Crippen molar-refractivity contribution >= 4 is 21.7 Å². The second kappa shape index (κ2) is 4.75. The van der Waals surface area contributed by atoms with Gasteiger partial charge in [-0.2, -0.15) is 0 Å². The lowest BCUT2D eigenvalue weighted by Gasteiger charge is -2.23. The summed E-state index contributed by atoms with van der Waals surface area (Å²) in [6.45, 7) is 1.67. The molecule has 0 bridgehead atoms. The van der Waals surface area contributed by atoms with E-state index in [2.05, 4.69) is 26.2 Å². The zero-order valence-corrected chi connectivity index (χ0v) is 9.46. The van der Waals surface area contributed by atoms with E-state index in [-0.39, 0.29) is 0 Å². The molecule has 0 spiro atoms. The number of ether oxygens (including phenoxy) is 1. The molecule has 1 aliphatic heterocycles. The standard InChI is InChI=1S/C10H13BrN2O/c11-9-4-1-5-12-10(9)13-8-3-2-6-14-7-8/h1,4-5,8H,2-3,6-7H2,(H,12,13)/t8-/m0/s1. The summed E-state index contributed by atoms with van der Waals surface area (Å²) in [4.78, 5) is 4.26. The lowest BCUT2D eigenvalue weighted by Crippen LogP contribution is -2.30. The summed E-state index contributed by atoms with van der Waals surface area (Å²) in [7, 11) is 0. The fourth-order valence-corrected chi connectivity index (χ4v) is 1.91. The molecule has 0 aliphatic carbocycles. The zero-order chi connectivity index (χ0) is 9.80. The van der Waals surface area contributed by atoms with E-state index in [1.807, 2.05) is 12.1 Å². The molecule has 0 unspecified atom stereocenters. The van der Waals surface area contributed by atoms with Gasteiger partial charge in [0.1, 0.15) is 5.82 Å². The highest BCUT2D eigenvalue weighted by molar-refractivity contribution is 9.10. The number of aromatic nitrogens is 1. The van der Waals surface area contributed by atoms with Crippen molar-refractivity contribution in [2.45, 2.75) is 18.9 Å². The van der Waals surface area contributed by atoms with Gasteiger partial charge in [-0.3, -0.25) is 0 Å². The van der Waals surface area contributed by atoms with Crippen molar-refractivity contribution in [2.75, 3.05) is 18.5 Å². The van der Waals surface area contributed by atoms with Crippen LogP contribution in [0.3, 0.4) is 0 Å². The second-order valence-corrected chi connectivity index (χ2v) is 4.25. The number of rotatable bonds is 2. The highest BCUT2D eigenvalue weighted by Gasteiger charge is 2.14.